The Kier molecular flexibility index (Phi) is 6.46. The molecule has 0 spiro atoms. The number of halogens is 1. The molecular weight excluding hydrogens is 258 g/mol. The molecule has 0 N–H and O–H groups in total. The predicted octanol–water partition coefficient (Wildman–Crippen LogP) is 3.44. The third kappa shape index (κ3) is 4.89. The lowest BCUT2D eigenvalue weighted by Crippen LogP contribution is -2.07. The van der Waals surface area contributed by atoms with Crippen LogP contribution in [0, 0.1) is 10.1 Å². The zero-order valence-electron chi connectivity index (χ0n) is 10.2. The predicted molar refractivity (Wildman–Crippen MR) is 69.3 cm³/mol. The van der Waals surface area contributed by atoms with E-state index in [1.165, 1.54) is 18.2 Å². The summed E-state index contributed by atoms with van der Waals surface area (Å²) in [5, 5.41) is 11.0. The Hall–Kier alpha value is -1.33. The fourth-order valence-corrected chi connectivity index (χ4v) is 1.45. The maximum Gasteiger partial charge on any atom is 0.273 e. The molecule has 0 aliphatic rings. The first kappa shape index (κ1) is 14.7. The largest absolute Gasteiger partial charge is 0.489 e. The lowest BCUT2D eigenvalue weighted by molar-refractivity contribution is -0.384. The molecule has 18 heavy (non-hydrogen) atoms. The first-order chi connectivity index (χ1) is 8.65. The fourth-order valence-electron chi connectivity index (χ4n) is 1.28. The molecule has 5 nitrogen and oxygen atoms in total. The van der Waals surface area contributed by atoms with E-state index in [0.717, 1.165) is 12.8 Å². The molecule has 0 aromatic heterocycles. The fraction of sp³-hybridized carbons (Fsp3) is 0.500. The van der Waals surface area contributed by atoms with Crippen LogP contribution in [-0.2, 0) is 4.74 Å². The Morgan fingerprint density at radius 1 is 1.33 bits per heavy atom. The molecule has 1 rings (SSSR count). The summed E-state index contributed by atoms with van der Waals surface area (Å²) in [6.45, 7) is 3.55. The average Bonchev–Trinajstić information content (AvgIpc) is 2.35. The summed E-state index contributed by atoms with van der Waals surface area (Å²) in [5.41, 5.74) is -0.0405. The third-order valence-corrected chi connectivity index (χ3v) is 2.57. The Bertz CT molecular complexity index is 398. The quantitative estimate of drug-likeness (QED) is 0.413. The van der Waals surface area contributed by atoms with Gasteiger partial charge in [0.2, 0.25) is 0 Å². The Labute approximate surface area is 111 Å². The molecule has 0 bridgehead atoms. The second-order valence-corrected chi connectivity index (χ2v) is 4.09. The number of nitro groups is 1. The van der Waals surface area contributed by atoms with Crippen molar-refractivity contribution in [3.8, 4) is 5.75 Å². The first-order valence-electron chi connectivity index (χ1n) is 5.79. The Morgan fingerprint density at radius 2 is 2.11 bits per heavy atom. The van der Waals surface area contributed by atoms with Crippen LogP contribution in [0.1, 0.15) is 19.8 Å². The van der Waals surface area contributed by atoms with Gasteiger partial charge in [0.15, 0.2) is 0 Å². The number of hydrogen-bond donors (Lipinski definition) is 0. The zero-order valence-corrected chi connectivity index (χ0v) is 11.0. The van der Waals surface area contributed by atoms with E-state index in [2.05, 4.69) is 6.92 Å². The minimum Gasteiger partial charge on any atom is -0.489 e. The van der Waals surface area contributed by atoms with Gasteiger partial charge in [-0.05, 0) is 12.5 Å². The van der Waals surface area contributed by atoms with E-state index >= 15 is 0 Å². The maximum atomic E-state index is 10.6. The molecule has 0 saturated heterocycles. The van der Waals surface area contributed by atoms with Crippen molar-refractivity contribution < 1.29 is 14.4 Å². The molecule has 1 aromatic carbocycles. The molecule has 0 amide bonds. The van der Waals surface area contributed by atoms with E-state index in [0.29, 0.717) is 30.6 Å². The highest BCUT2D eigenvalue weighted by Crippen LogP contribution is 2.28. The number of nitro benzene ring substituents is 1. The molecule has 100 valence electrons. The number of nitrogens with zero attached hydrogens (tertiary/aromatic N) is 1. The molecule has 0 unspecified atom stereocenters. The normalized spacial score (nSPS) is 10.3. The van der Waals surface area contributed by atoms with Crippen LogP contribution in [-0.4, -0.2) is 24.7 Å². The van der Waals surface area contributed by atoms with E-state index in [1.54, 1.807) is 0 Å². The number of ether oxygens (including phenoxy) is 2. The van der Waals surface area contributed by atoms with Crippen molar-refractivity contribution in [3.05, 3.63) is 33.3 Å². The summed E-state index contributed by atoms with van der Waals surface area (Å²) >= 11 is 5.88. The lowest BCUT2D eigenvalue weighted by Gasteiger charge is -2.08. The molecule has 0 atom stereocenters. The summed E-state index contributed by atoms with van der Waals surface area (Å²) in [6.07, 6.45) is 2.09. The summed E-state index contributed by atoms with van der Waals surface area (Å²) in [6, 6.07) is 4.11. The van der Waals surface area contributed by atoms with Crippen molar-refractivity contribution in [1.82, 2.24) is 0 Å². The molecule has 1 aromatic rings. The van der Waals surface area contributed by atoms with Crippen molar-refractivity contribution >= 4 is 17.3 Å². The lowest BCUT2D eigenvalue weighted by atomic mass is 10.3. The van der Waals surface area contributed by atoms with Crippen LogP contribution in [0.25, 0.3) is 0 Å². The van der Waals surface area contributed by atoms with Gasteiger partial charge in [-0.3, -0.25) is 10.1 Å². The van der Waals surface area contributed by atoms with Gasteiger partial charge in [0.25, 0.3) is 5.69 Å². The second-order valence-electron chi connectivity index (χ2n) is 3.69. The van der Waals surface area contributed by atoms with Gasteiger partial charge < -0.3 is 9.47 Å². The van der Waals surface area contributed by atoms with Gasteiger partial charge in [0.1, 0.15) is 12.4 Å². The molecule has 0 heterocycles. The number of hydrogen-bond acceptors (Lipinski definition) is 4. The van der Waals surface area contributed by atoms with Crippen LogP contribution < -0.4 is 4.74 Å². The van der Waals surface area contributed by atoms with Crippen LogP contribution in [0.3, 0.4) is 0 Å². The monoisotopic (exact) mass is 273 g/mol. The number of unbranched alkanes of at least 4 members (excludes halogenated alkanes) is 1. The van der Waals surface area contributed by atoms with E-state index in [4.69, 9.17) is 21.1 Å². The van der Waals surface area contributed by atoms with Gasteiger partial charge in [-0.25, -0.2) is 0 Å². The standard InChI is InChI=1S/C12H16ClNO4/c1-2-3-6-17-7-8-18-12-9-10(14(15)16)4-5-11(12)13/h4-5,9H,2-3,6-8H2,1H3. The Balaban J connectivity index is 2.41. The summed E-state index contributed by atoms with van der Waals surface area (Å²) < 4.78 is 10.7. The van der Waals surface area contributed by atoms with Gasteiger partial charge in [-0.1, -0.05) is 24.9 Å². The van der Waals surface area contributed by atoms with Gasteiger partial charge in [0, 0.05) is 12.7 Å². The third-order valence-electron chi connectivity index (χ3n) is 2.25. The highest BCUT2D eigenvalue weighted by Gasteiger charge is 2.10. The topological polar surface area (TPSA) is 61.6 Å². The summed E-state index contributed by atoms with van der Waals surface area (Å²) in [7, 11) is 0. The Morgan fingerprint density at radius 3 is 2.78 bits per heavy atom. The highest BCUT2D eigenvalue weighted by atomic mass is 35.5. The van der Waals surface area contributed by atoms with E-state index in [-0.39, 0.29) is 5.69 Å². The van der Waals surface area contributed by atoms with Crippen molar-refractivity contribution in [2.75, 3.05) is 19.8 Å². The van der Waals surface area contributed by atoms with Crippen LogP contribution >= 0.6 is 11.6 Å². The van der Waals surface area contributed by atoms with Crippen molar-refractivity contribution in [2.45, 2.75) is 19.8 Å². The van der Waals surface area contributed by atoms with Crippen LogP contribution in [0.5, 0.6) is 5.75 Å². The van der Waals surface area contributed by atoms with Gasteiger partial charge in [0.05, 0.1) is 22.6 Å². The second kappa shape index (κ2) is 7.89. The van der Waals surface area contributed by atoms with Crippen LogP contribution in [0.2, 0.25) is 5.02 Å². The average molecular weight is 274 g/mol. The highest BCUT2D eigenvalue weighted by molar-refractivity contribution is 6.32. The van der Waals surface area contributed by atoms with Gasteiger partial charge >= 0.3 is 0 Å². The van der Waals surface area contributed by atoms with Gasteiger partial charge in [-0.15, -0.1) is 0 Å². The van der Waals surface area contributed by atoms with E-state index < -0.39 is 4.92 Å². The molecule has 0 aliphatic heterocycles. The molecular formula is C12H16ClNO4. The molecule has 0 aliphatic carbocycles. The summed E-state index contributed by atoms with van der Waals surface area (Å²) in [5.74, 6) is 0.310. The molecule has 6 heteroatoms. The van der Waals surface area contributed by atoms with Crippen molar-refractivity contribution in [3.63, 3.8) is 0 Å². The smallest absolute Gasteiger partial charge is 0.273 e. The van der Waals surface area contributed by atoms with Gasteiger partial charge in [-0.2, -0.15) is 0 Å². The number of rotatable bonds is 8. The van der Waals surface area contributed by atoms with E-state index in [1.807, 2.05) is 0 Å². The van der Waals surface area contributed by atoms with Crippen molar-refractivity contribution in [1.29, 1.82) is 0 Å². The molecule has 0 saturated carbocycles. The molecule has 0 fully saturated rings. The number of non-ortho nitro benzene ring substituents is 1. The van der Waals surface area contributed by atoms with Crippen molar-refractivity contribution in [2.24, 2.45) is 0 Å². The van der Waals surface area contributed by atoms with Crippen LogP contribution in [0.4, 0.5) is 5.69 Å². The minimum atomic E-state index is -0.485. The summed E-state index contributed by atoms with van der Waals surface area (Å²) in [4.78, 5) is 10.1. The molecule has 0 radical (unpaired) electrons. The SMILES string of the molecule is CCCCOCCOc1cc([N+](=O)[O-])ccc1Cl. The maximum absolute atomic E-state index is 10.6. The van der Waals surface area contributed by atoms with E-state index in [9.17, 15) is 10.1 Å². The number of benzene rings is 1. The zero-order chi connectivity index (χ0) is 13.4. The minimum absolute atomic E-state index is 0.0405. The van der Waals surface area contributed by atoms with Crippen LogP contribution in [0.15, 0.2) is 18.2 Å². The first-order valence-corrected chi connectivity index (χ1v) is 6.17.